The van der Waals surface area contributed by atoms with E-state index in [-0.39, 0.29) is 0 Å². The van der Waals surface area contributed by atoms with Gasteiger partial charge >= 0.3 is 0 Å². The molecule has 0 bridgehead atoms. The van der Waals surface area contributed by atoms with Crippen LogP contribution < -0.4 is 4.74 Å². The van der Waals surface area contributed by atoms with Crippen molar-refractivity contribution >= 4 is 6.29 Å². The van der Waals surface area contributed by atoms with E-state index in [2.05, 4.69) is 6.07 Å². The molecule has 0 aromatic heterocycles. The number of aldehydes is 1. The van der Waals surface area contributed by atoms with E-state index in [1.807, 2.05) is 6.92 Å². The van der Waals surface area contributed by atoms with Gasteiger partial charge in [0.15, 0.2) is 6.29 Å². The molecule has 14 heavy (non-hydrogen) atoms. The van der Waals surface area contributed by atoms with Gasteiger partial charge < -0.3 is 4.74 Å². The van der Waals surface area contributed by atoms with Crippen LogP contribution in [0.3, 0.4) is 0 Å². The second kappa shape index (κ2) is 4.43. The third-order valence-corrected chi connectivity index (χ3v) is 2.08. The first kappa shape index (κ1) is 10.3. The lowest BCUT2D eigenvalue weighted by Crippen LogP contribution is -1.95. The zero-order valence-electron chi connectivity index (χ0n) is 8.20. The quantitative estimate of drug-likeness (QED) is 0.682. The van der Waals surface area contributed by atoms with Gasteiger partial charge in [0.25, 0.3) is 0 Å². The molecule has 0 saturated carbocycles. The number of ether oxygens (including phenoxy) is 1. The first-order valence-corrected chi connectivity index (χ1v) is 4.22. The third-order valence-electron chi connectivity index (χ3n) is 2.08. The van der Waals surface area contributed by atoms with Crippen LogP contribution in [0.2, 0.25) is 0 Å². The van der Waals surface area contributed by atoms with E-state index in [1.54, 1.807) is 12.1 Å². The summed E-state index contributed by atoms with van der Waals surface area (Å²) >= 11 is 0. The Hall–Kier alpha value is -1.82. The Morgan fingerprint density at radius 1 is 1.57 bits per heavy atom. The van der Waals surface area contributed by atoms with Gasteiger partial charge in [0.2, 0.25) is 0 Å². The van der Waals surface area contributed by atoms with Crippen molar-refractivity contribution in [1.82, 2.24) is 0 Å². The van der Waals surface area contributed by atoms with Gasteiger partial charge in [-0.3, -0.25) is 4.79 Å². The van der Waals surface area contributed by atoms with Gasteiger partial charge in [0.1, 0.15) is 5.75 Å². The number of rotatable bonds is 3. The molecular weight excluding hydrogens is 178 g/mol. The summed E-state index contributed by atoms with van der Waals surface area (Å²) < 4.78 is 5.04. The average molecular weight is 189 g/mol. The van der Waals surface area contributed by atoms with Crippen molar-refractivity contribution in [3.8, 4) is 11.8 Å². The highest BCUT2D eigenvalue weighted by atomic mass is 16.5. The number of carbonyl (C=O) groups excluding carboxylic acids is 1. The highest BCUT2D eigenvalue weighted by Crippen LogP contribution is 2.22. The van der Waals surface area contributed by atoms with E-state index in [0.29, 0.717) is 17.7 Å². The zero-order chi connectivity index (χ0) is 10.6. The molecule has 0 spiro atoms. The van der Waals surface area contributed by atoms with Crippen LogP contribution in [0.1, 0.15) is 21.5 Å². The Balaban J connectivity index is 3.24. The van der Waals surface area contributed by atoms with Crippen molar-refractivity contribution in [1.29, 1.82) is 5.26 Å². The fraction of sp³-hybridized carbons (Fsp3) is 0.273. The Labute approximate surface area is 82.9 Å². The van der Waals surface area contributed by atoms with E-state index < -0.39 is 0 Å². The third kappa shape index (κ3) is 1.91. The van der Waals surface area contributed by atoms with Crippen LogP contribution in [0.5, 0.6) is 5.75 Å². The summed E-state index contributed by atoms with van der Waals surface area (Å²) in [6.45, 7) is 1.89. The van der Waals surface area contributed by atoms with E-state index >= 15 is 0 Å². The minimum atomic E-state index is 0.316. The minimum Gasteiger partial charge on any atom is -0.496 e. The van der Waals surface area contributed by atoms with Crippen molar-refractivity contribution in [2.45, 2.75) is 13.3 Å². The molecule has 0 N–H and O–H groups in total. The van der Waals surface area contributed by atoms with Gasteiger partial charge in [0, 0.05) is 0 Å². The Bertz CT molecular complexity index is 391. The van der Waals surface area contributed by atoms with E-state index in [4.69, 9.17) is 10.00 Å². The number of nitrogens with zero attached hydrogens (tertiary/aromatic N) is 1. The SMILES string of the molecule is COc1cc(C)c(CC#N)cc1C=O. The number of benzene rings is 1. The fourth-order valence-electron chi connectivity index (χ4n) is 1.29. The van der Waals surface area contributed by atoms with Crippen molar-refractivity contribution in [2.24, 2.45) is 0 Å². The van der Waals surface area contributed by atoms with Gasteiger partial charge in [-0.2, -0.15) is 5.26 Å². The molecule has 3 nitrogen and oxygen atoms in total. The standard InChI is InChI=1S/C11H11NO2/c1-8-5-11(14-2)10(7-13)6-9(8)3-4-12/h5-7H,3H2,1-2H3. The Kier molecular flexibility index (Phi) is 3.24. The normalized spacial score (nSPS) is 9.21. The lowest BCUT2D eigenvalue weighted by Gasteiger charge is -2.07. The predicted molar refractivity (Wildman–Crippen MR) is 52.4 cm³/mol. The molecule has 0 aliphatic carbocycles. The molecule has 1 aromatic rings. The molecule has 3 heteroatoms. The van der Waals surface area contributed by atoms with Crippen LogP contribution >= 0.6 is 0 Å². The van der Waals surface area contributed by atoms with Crippen LogP contribution in [0.25, 0.3) is 0 Å². The number of nitriles is 1. The topological polar surface area (TPSA) is 50.1 Å². The molecule has 0 fully saturated rings. The monoisotopic (exact) mass is 189 g/mol. The molecule has 0 aliphatic heterocycles. The van der Waals surface area contributed by atoms with Crippen LogP contribution in [0.15, 0.2) is 12.1 Å². The molecule has 0 saturated heterocycles. The second-order valence-corrected chi connectivity index (χ2v) is 2.97. The molecule has 0 unspecified atom stereocenters. The van der Waals surface area contributed by atoms with Gasteiger partial charge in [-0.25, -0.2) is 0 Å². The van der Waals surface area contributed by atoms with Crippen molar-refractivity contribution in [3.63, 3.8) is 0 Å². The van der Waals surface area contributed by atoms with Crippen molar-refractivity contribution < 1.29 is 9.53 Å². The first-order valence-electron chi connectivity index (χ1n) is 4.22. The number of methoxy groups -OCH3 is 1. The van der Waals surface area contributed by atoms with Crippen molar-refractivity contribution in [2.75, 3.05) is 7.11 Å². The zero-order valence-corrected chi connectivity index (χ0v) is 8.20. The van der Waals surface area contributed by atoms with Crippen molar-refractivity contribution in [3.05, 3.63) is 28.8 Å². The molecule has 1 rings (SSSR count). The minimum absolute atomic E-state index is 0.316. The van der Waals surface area contributed by atoms with Crippen LogP contribution in [0.4, 0.5) is 0 Å². The summed E-state index contributed by atoms with van der Waals surface area (Å²) in [6, 6.07) is 5.53. The largest absolute Gasteiger partial charge is 0.496 e. The number of hydrogen-bond acceptors (Lipinski definition) is 3. The average Bonchev–Trinajstić information content (AvgIpc) is 2.20. The van der Waals surface area contributed by atoms with Gasteiger partial charge in [0.05, 0.1) is 25.2 Å². The second-order valence-electron chi connectivity index (χ2n) is 2.97. The van der Waals surface area contributed by atoms with Crippen LogP contribution in [-0.2, 0) is 6.42 Å². The maximum Gasteiger partial charge on any atom is 0.153 e. The van der Waals surface area contributed by atoms with E-state index in [0.717, 1.165) is 17.4 Å². The van der Waals surface area contributed by atoms with E-state index in [1.165, 1.54) is 7.11 Å². The molecule has 0 heterocycles. The molecule has 0 aliphatic rings. The number of carbonyl (C=O) groups is 1. The summed E-state index contributed by atoms with van der Waals surface area (Å²) in [5, 5.41) is 8.56. The summed E-state index contributed by atoms with van der Waals surface area (Å²) in [4.78, 5) is 10.7. The predicted octanol–water partition coefficient (Wildman–Crippen LogP) is 1.88. The fourth-order valence-corrected chi connectivity index (χ4v) is 1.29. The number of aryl methyl sites for hydroxylation is 1. The Morgan fingerprint density at radius 3 is 2.79 bits per heavy atom. The van der Waals surface area contributed by atoms with Gasteiger partial charge in [-0.15, -0.1) is 0 Å². The summed E-state index contributed by atoms with van der Waals surface area (Å²) in [5.41, 5.74) is 2.33. The summed E-state index contributed by atoms with van der Waals surface area (Å²) in [6.07, 6.45) is 1.05. The molecule has 0 atom stereocenters. The van der Waals surface area contributed by atoms with Crippen LogP contribution in [0, 0.1) is 18.3 Å². The lowest BCUT2D eigenvalue weighted by molar-refractivity contribution is 0.112. The maximum atomic E-state index is 10.7. The molecule has 0 amide bonds. The molecule has 72 valence electrons. The van der Waals surface area contributed by atoms with Gasteiger partial charge in [-0.05, 0) is 30.2 Å². The summed E-state index contributed by atoms with van der Waals surface area (Å²) in [7, 11) is 1.52. The highest BCUT2D eigenvalue weighted by molar-refractivity contribution is 5.80. The maximum absolute atomic E-state index is 10.7. The molecular formula is C11H11NO2. The first-order chi connectivity index (χ1) is 6.72. The molecule has 1 aromatic carbocycles. The van der Waals surface area contributed by atoms with Gasteiger partial charge in [-0.1, -0.05) is 0 Å². The number of hydrogen-bond donors (Lipinski definition) is 0. The Morgan fingerprint density at radius 2 is 2.29 bits per heavy atom. The van der Waals surface area contributed by atoms with E-state index in [9.17, 15) is 4.79 Å². The highest BCUT2D eigenvalue weighted by Gasteiger charge is 2.06. The van der Waals surface area contributed by atoms with Crippen LogP contribution in [-0.4, -0.2) is 13.4 Å². The summed E-state index contributed by atoms with van der Waals surface area (Å²) in [5.74, 6) is 0.555. The molecule has 0 radical (unpaired) electrons. The smallest absolute Gasteiger partial charge is 0.153 e. The lowest BCUT2D eigenvalue weighted by atomic mass is 10.0.